The molecule has 2 rings (SSSR count). The van der Waals surface area contributed by atoms with Gasteiger partial charge in [-0.2, -0.15) is 8.78 Å². The summed E-state index contributed by atoms with van der Waals surface area (Å²) in [6, 6.07) is 7.85. The molecule has 0 saturated carbocycles. The Balaban J connectivity index is 2.05. The van der Waals surface area contributed by atoms with Gasteiger partial charge >= 0.3 is 12.1 Å². The summed E-state index contributed by atoms with van der Waals surface area (Å²) < 4.78 is 35.1. The van der Waals surface area contributed by atoms with Gasteiger partial charge in [0.15, 0.2) is 0 Å². The number of rotatable bonds is 3. The summed E-state index contributed by atoms with van der Waals surface area (Å²) in [6.45, 7) is -0.336. The van der Waals surface area contributed by atoms with E-state index in [-0.39, 0.29) is 25.1 Å². The van der Waals surface area contributed by atoms with E-state index in [0.717, 1.165) is 17.6 Å². The third-order valence-electron chi connectivity index (χ3n) is 3.36. The second kappa shape index (κ2) is 7.02. The van der Waals surface area contributed by atoms with Crippen LogP contribution in [0.15, 0.2) is 42.0 Å². The average Bonchev–Trinajstić information content (AvgIpc) is 2.98. The van der Waals surface area contributed by atoms with Crippen LogP contribution in [-0.4, -0.2) is 36.7 Å². The fourth-order valence-corrected chi connectivity index (χ4v) is 2.20. The van der Waals surface area contributed by atoms with Crippen LogP contribution in [0.2, 0.25) is 0 Å². The monoisotopic (exact) mass is 311 g/mol. The Morgan fingerprint density at radius 2 is 1.95 bits per heavy atom. The van der Waals surface area contributed by atoms with E-state index in [9.17, 15) is 18.4 Å². The zero-order valence-corrected chi connectivity index (χ0v) is 11.9. The topological polar surface area (TPSA) is 55.8 Å². The average molecular weight is 311 g/mol. The standard InChI is InChI=1S/C15H15F2NO4/c1-21-14(19)12-7-11(13(16)17)8-18(12)15(20)22-9-10-5-3-2-4-6-10/h2-6,12H,7-9H2,1H3/t12-/m1/s1. The fourth-order valence-electron chi connectivity index (χ4n) is 2.20. The normalized spacial score (nSPS) is 17.3. The van der Waals surface area contributed by atoms with Crippen LogP contribution in [-0.2, 0) is 20.9 Å². The molecule has 7 heteroatoms. The lowest BCUT2D eigenvalue weighted by Gasteiger charge is -2.21. The molecule has 0 unspecified atom stereocenters. The summed E-state index contributed by atoms with van der Waals surface area (Å²) in [5.74, 6) is -0.743. The lowest BCUT2D eigenvalue weighted by atomic mass is 10.2. The Kier molecular flexibility index (Phi) is 5.08. The molecule has 1 saturated heterocycles. The maximum absolute atomic E-state index is 12.7. The number of hydrogen-bond donors (Lipinski definition) is 0. The van der Waals surface area contributed by atoms with E-state index >= 15 is 0 Å². The van der Waals surface area contributed by atoms with Crippen molar-refractivity contribution in [1.82, 2.24) is 4.90 Å². The molecule has 0 N–H and O–H groups in total. The number of likely N-dealkylation sites (tertiary alicyclic amines) is 1. The Bertz CT molecular complexity index is 584. The Hall–Kier alpha value is -2.44. The van der Waals surface area contributed by atoms with E-state index < -0.39 is 24.2 Å². The molecule has 1 aliphatic rings. The molecular weight excluding hydrogens is 296 g/mol. The SMILES string of the molecule is COC(=O)[C@H]1CC(=C(F)F)CN1C(=O)OCc1ccccc1. The molecule has 118 valence electrons. The number of ether oxygens (including phenoxy) is 2. The maximum atomic E-state index is 12.7. The number of nitrogens with zero attached hydrogens (tertiary/aromatic N) is 1. The number of carbonyl (C=O) groups is 2. The molecule has 1 amide bonds. The Morgan fingerprint density at radius 3 is 2.55 bits per heavy atom. The molecular formula is C15H15F2NO4. The number of halogens is 2. The van der Waals surface area contributed by atoms with E-state index in [2.05, 4.69) is 4.74 Å². The largest absolute Gasteiger partial charge is 0.467 e. The molecule has 1 aliphatic heterocycles. The minimum atomic E-state index is -1.88. The Morgan fingerprint density at radius 1 is 1.27 bits per heavy atom. The van der Waals surface area contributed by atoms with E-state index in [1.54, 1.807) is 24.3 Å². The molecule has 1 aromatic rings. The zero-order valence-electron chi connectivity index (χ0n) is 11.9. The van der Waals surface area contributed by atoms with Gasteiger partial charge in [-0.1, -0.05) is 30.3 Å². The number of hydrogen-bond acceptors (Lipinski definition) is 4. The molecule has 1 atom stereocenters. The van der Waals surface area contributed by atoms with Crippen LogP contribution in [0, 0.1) is 0 Å². The van der Waals surface area contributed by atoms with Crippen molar-refractivity contribution in [1.29, 1.82) is 0 Å². The minimum Gasteiger partial charge on any atom is -0.467 e. The van der Waals surface area contributed by atoms with Gasteiger partial charge in [0.05, 0.1) is 13.7 Å². The predicted molar refractivity (Wildman–Crippen MR) is 73.0 cm³/mol. The van der Waals surface area contributed by atoms with Gasteiger partial charge in [0.25, 0.3) is 6.08 Å². The highest BCUT2D eigenvalue weighted by atomic mass is 19.3. The summed E-state index contributed by atoms with van der Waals surface area (Å²) >= 11 is 0. The van der Waals surface area contributed by atoms with E-state index in [4.69, 9.17) is 4.74 Å². The molecule has 0 bridgehead atoms. The third-order valence-corrected chi connectivity index (χ3v) is 3.36. The van der Waals surface area contributed by atoms with Crippen molar-refractivity contribution in [3.63, 3.8) is 0 Å². The summed E-state index contributed by atoms with van der Waals surface area (Å²) in [6.07, 6.45) is -2.95. The van der Waals surface area contributed by atoms with Crippen molar-refractivity contribution < 1.29 is 27.8 Å². The third kappa shape index (κ3) is 3.60. The lowest BCUT2D eigenvalue weighted by Crippen LogP contribution is -2.41. The maximum Gasteiger partial charge on any atom is 0.411 e. The highest BCUT2D eigenvalue weighted by Crippen LogP contribution is 2.28. The predicted octanol–water partition coefficient (Wildman–Crippen LogP) is 2.72. The minimum absolute atomic E-state index is 0.00121. The second-order valence-electron chi connectivity index (χ2n) is 4.78. The highest BCUT2D eigenvalue weighted by molar-refractivity contribution is 5.83. The number of benzene rings is 1. The smallest absolute Gasteiger partial charge is 0.411 e. The fraction of sp³-hybridized carbons (Fsp3) is 0.333. The van der Waals surface area contributed by atoms with Gasteiger partial charge in [-0.15, -0.1) is 0 Å². The molecule has 1 aromatic carbocycles. The summed E-state index contributed by atoms with van der Waals surface area (Å²) in [4.78, 5) is 24.6. The van der Waals surface area contributed by atoms with Crippen LogP contribution in [0.3, 0.4) is 0 Å². The molecule has 1 heterocycles. The van der Waals surface area contributed by atoms with E-state index in [0.29, 0.717) is 0 Å². The van der Waals surface area contributed by atoms with Crippen LogP contribution in [0.5, 0.6) is 0 Å². The zero-order chi connectivity index (χ0) is 16.1. The van der Waals surface area contributed by atoms with Crippen LogP contribution >= 0.6 is 0 Å². The first-order chi connectivity index (χ1) is 10.5. The Labute approximate surface area is 126 Å². The number of carbonyl (C=O) groups excluding carboxylic acids is 2. The van der Waals surface area contributed by atoms with Gasteiger partial charge in [-0.05, 0) is 5.56 Å². The van der Waals surface area contributed by atoms with Crippen molar-refractivity contribution in [3.05, 3.63) is 47.5 Å². The van der Waals surface area contributed by atoms with Gasteiger partial charge in [0.1, 0.15) is 12.6 Å². The molecule has 0 radical (unpaired) electrons. The van der Waals surface area contributed by atoms with Crippen LogP contribution in [0.1, 0.15) is 12.0 Å². The van der Waals surface area contributed by atoms with Gasteiger partial charge in [0.2, 0.25) is 0 Å². The van der Waals surface area contributed by atoms with E-state index in [1.807, 2.05) is 6.07 Å². The van der Waals surface area contributed by atoms with Crippen molar-refractivity contribution >= 4 is 12.1 Å². The molecule has 22 heavy (non-hydrogen) atoms. The van der Waals surface area contributed by atoms with Crippen LogP contribution in [0.25, 0.3) is 0 Å². The van der Waals surface area contributed by atoms with Gasteiger partial charge in [0, 0.05) is 12.0 Å². The first-order valence-corrected chi connectivity index (χ1v) is 6.61. The molecule has 1 fully saturated rings. The lowest BCUT2D eigenvalue weighted by molar-refractivity contribution is -0.145. The van der Waals surface area contributed by atoms with Crippen molar-refractivity contribution in [2.75, 3.05) is 13.7 Å². The van der Waals surface area contributed by atoms with Crippen LogP contribution < -0.4 is 0 Å². The van der Waals surface area contributed by atoms with Crippen molar-refractivity contribution in [2.45, 2.75) is 19.1 Å². The molecule has 0 aromatic heterocycles. The summed E-state index contributed by atoms with van der Waals surface area (Å²) in [5, 5.41) is 0. The second-order valence-corrected chi connectivity index (χ2v) is 4.78. The summed E-state index contributed by atoms with van der Waals surface area (Å²) in [7, 11) is 1.14. The number of amides is 1. The van der Waals surface area contributed by atoms with Gasteiger partial charge in [-0.3, -0.25) is 4.90 Å². The molecule has 5 nitrogen and oxygen atoms in total. The van der Waals surface area contributed by atoms with E-state index in [1.165, 1.54) is 0 Å². The highest BCUT2D eigenvalue weighted by Gasteiger charge is 2.40. The quantitative estimate of drug-likeness (QED) is 0.805. The van der Waals surface area contributed by atoms with Gasteiger partial charge < -0.3 is 9.47 Å². The molecule has 0 spiro atoms. The molecule has 0 aliphatic carbocycles. The number of esters is 1. The summed E-state index contributed by atoms with van der Waals surface area (Å²) in [5.41, 5.74) is 0.504. The van der Waals surface area contributed by atoms with Crippen molar-refractivity contribution in [2.24, 2.45) is 0 Å². The van der Waals surface area contributed by atoms with Crippen LogP contribution in [0.4, 0.5) is 13.6 Å². The van der Waals surface area contributed by atoms with Crippen molar-refractivity contribution in [3.8, 4) is 0 Å². The number of methoxy groups -OCH3 is 1. The van der Waals surface area contributed by atoms with Gasteiger partial charge in [-0.25, -0.2) is 9.59 Å². The first kappa shape index (κ1) is 15.9. The first-order valence-electron chi connectivity index (χ1n) is 6.61.